The second-order valence-electron chi connectivity index (χ2n) is 4.64. The number of hydrogen-bond acceptors (Lipinski definition) is 4. The maximum atomic E-state index is 12.2. The summed E-state index contributed by atoms with van der Waals surface area (Å²) in [5, 5.41) is 0. The van der Waals surface area contributed by atoms with Gasteiger partial charge in [0.15, 0.2) is 0 Å². The second kappa shape index (κ2) is 6.99. The van der Waals surface area contributed by atoms with Crippen LogP contribution in [0, 0.1) is 0 Å². The number of likely N-dealkylation sites (N-methyl/N-ethyl adjacent to an activating group) is 1. The van der Waals surface area contributed by atoms with Crippen molar-refractivity contribution in [3.8, 4) is 5.75 Å². The van der Waals surface area contributed by atoms with Crippen LogP contribution >= 0.6 is 0 Å². The van der Waals surface area contributed by atoms with E-state index in [1.165, 1.54) is 0 Å². The number of anilines is 1. The lowest BCUT2D eigenvalue weighted by Gasteiger charge is -2.18. The monoisotopic (exact) mass is 266 g/mol. The zero-order valence-corrected chi connectivity index (χ0v) is 12.0. The number of benzene rings is 1. The van der Waals surface area contributed by atoms with Gasteiger partial charge >= 0.3 is 0 Å². The maximum absolute atomic E-state index is 12.2. The molecule has 19 heavy (non-hydrogen) atoms. The van der Waals surface area contributed by atoms with Gasteiger partial charge in [-0.25, -0.2) is 0 Å². The minimum Gasteiger partial charge on any atom is -0.497 e. The van der Waals surface area contributed by atoms with Gasteiger partial charge in [0.1, 0.15) is 5.75 Å². The van der Waals surface area contributed by atoms with Crippen molar-refractivity contribution in [2.75, 3.05) is 33.0 Å². The SMILES string of the molecule is COc1cc(N)cc(C(=O)N(C)CCOC(C)C)c1. The van der Waals surface area contributed by atoms with Crippen LogP contribution < -0.4 is 10.5 Å². The average Bonchev–Trinajstić information content (AvgIpc) is 2.36. The molecule has 1 aromatic carbocycles. The molecule has 0 aromatic heterocycles. The number of nitrogens with zero attached hydrogens (tertiary/aromatic N) is 1. The Morgan fingerprint density at radius 1 is 1.37 bits per heavy atom. The van der Waals surface area contributed by atoms with E-state index in [-0.39, 0.29) is 12.0 Å². The normalized spacial score (nSPS) is 10.6. The number of hydrogen-bond donors (Lipinski definition) is 1. The van der Waals surface area contributed by atoms with Crippen LogP contribution in [0.4, 0.5) is 5.69 Å². The summed E-state index contributed by atoms with van der Waals surface area (Å²) in [5.74, 6) is 0.480. The first-order valence-corrected chi connectivity index (χ1v) is 6.25. The lowest BCUT2D eigenvalue weighted by Crippen LogP contribution is -2.30. The summed E-state index contributed by atoms with van der Waals surface area (Å²) in [5.41, 5.74) is 6.76. The van der Waals surface area contributed by atoms with Gasteiger partial charge in [0.2, 0.25) is 0 Å². The summed E-state index contributed by atoms with van der Waals surface area (Å²) in [6.07, 6.45) is 0.163. The van der Waals surface area contributed by atoms with Crippen LogP contribution in [0.25, 0.3) is 0 Å². The first-order chi connectivity index (χ1) is 8.93. The highest BCUT2D eigenvalue weighted by molar-refractivity contribution is 5.95. The number of carbonyl (C=O) groups is 1. The van der Waals surface area contributed by atoms with Crippen LogP contribution in [0.15, 0.2) is 18.2 Å². The third-order valence-corrected chi connectivity index (χ3v) is 2.64. The summed E-state index contributed by atoms with van der Waals surface area (Å²) in [6, 6.07) is 5.00. The number of ether oxygens (including phenoxy) is 2. The Bertz CT molecular complexity index is 433. The van der Waals surface area contributed by atoms with E-state index in [2.05, 4.69) is 0 Å². The molecular formula is C14H22N2O3. The molecule has 106 valence electrons. The van der Waals surface area contributed by atoms with Crippen LogP contribution in [-0.4, -0.2) is 44.2 Å². The van der Waals surface area contributed by atoms with E-state index in [0.717, 1.165) is 0 Å². The summed E-state index contributed by atoms with van der Waals surface area (Å²) in [7, 11) is 3.28. The molecule has 1 rings (SSSR count). The summed E-state index contributed by atoms with van der Waals surface area (Å²) in [4.78, 5) is 13.8. The van der Waals surface area contributed by atoms with Crippen LogP contribution in [0.2, 0.25) is 0 Å². The van der Waals surface area contributed by atoms with Gasteiger partial charge < -0.3 is 20.1 Å². The average molecular weight is 266 g/mol. The molecule has 0 bridgehead atoms. The third-order valence-electron chi connectivity index (χ3n) is 2.64. The standard InChI is InChI=1S/C14H22N2O3/c1-10(2)19-6-5-16(3)14(17)11-7-12(15)9-13(8-11)18-4/h7-10H,5-6,15H2,1-4H3. The van der Waals surface area contributed by atoms with Gasteiger partial charge in [-0.05, 0) is 26.0 Å². The lowest BCUT2D eigenvalue weighted by atomic mass is 10.1. The quantitative estimate of drug-likeness (QED) is 0.797. The highest BCUT2D eigenvalue weighted by Gasteiger charge is 2.13. The Morgan fingerprint density at radius 3 is 2.63 bits per heavy atom. The van der Waals surface area contributed by atoms with Crippen LogP contribution in [0.1, 0.15) is 24.2 Å². The predicted octanol–water partition coefficient (Wildman–Crippen LogP) is 1.77. The Morgan fingerprint density at radius 2 is 2.05 bits per heavy atom. The van der Waals surface area contributed by atoms with Crippen molar-refractivity contribution in [1.29, 1.82) is 0 Å². The van der Waals surface area contributed by atoms with Gasteiger partial charge in [-0.3, -0.25) is 4.79 Å². The second-order valence-corrected chi connectivity index (χ2v) is 4.64. The number of carbonyl (C=O) groups excluding carboxylic acids is 1. The Balaban J connectivity index is 2.68. The van der Waals surface area contributed by atoms with Crippen LogP contribution in [0.3, 0.4) is 0 Å². The van der Waals surface area contributed by atoms with E-state index in [1.807, 2.05) is 13.8 Å². The number of amides is 1. The fourth-order valence-corrected chi connectivity index (χ4v) is 1.61. The van der Waals surface area contributed by atoms with Crippen molar-refractivity contribution >= 4 is 11.6 Å². The Labute approximate surface area is 114 Å². The molecule has 0 radical (unpaired) electrons. The molecule has 1 aromatic rings. The lowest BCUT2D eigenvalue weighted by molar-refractivity contribution is 0.0532. The number of nitrogen functional groups attached to an aromatic ring is 1. The number of methoxy groups -OCH3 is 1. The molecular weight excluding hydrogens is 244 g/mol. The van der Waals surface area contributed by atoms with E-state index in [1.54, 1.807) is 37.3 Å². The molecule has 0 spiro atoms. The molecule has 5 nitrogen and oxygen atoms in total. The molecule has 0 fully saturated rings. The van der Waals surface area contributed by atoms with Crippen molar-refractivity contribution in [3.05, 3.63) is 23.8 Å². The van der Waals surface area contributed by atoms with Gasteiger partial charge in [-0.15, -0.1) is 0 Å². The van der Waals surface area contributed by atoms with E-state index in [4.69, 9.17) is 15.2 Å². The molecule has 0 unspecified atom stereocenters. The largest absolute Gasteiger partial charge is 0.497 e. The summed E-state index contributed by atoms with van der Waals surface area (Å²) < 4.78 is 10.5. The molecule has 5 heteroatoms. The molecule has 2 N–H and O–H groups in total. The van der Waals surface area contributed by atoms with E-state index < -0.39 is 0 Å². The van der Waals surface area contributed by atoms with E-state index in [9.17, 15) is 4.79 Å². The van der Waals surface area contributed by atoms with Gasteiger partial charge in [0.05, 0.1) is 19.8 Å². The van der Waals surface area contributed by atoms with Crippen molar-refractivity contribution < 1.29 is 14.3 Å². The molecule has 0 aliphatic rings. The molecule has 0 saturated carbocycles. The molecule has 0 atom stereocenters. The predicted molar refractivity (Wildman–Crippen MR) is 75.5 cm³/mol. The first-order valence-electron chi connectivity index (χ1n) is 6.25. The molecule has 0 aliphatic heterocycles. The minimum absolute atomic E-state index is 0.0991. The van der Waals surface area contributed by atoms with Gasteiger partial charge in [0, 0.05) is 30.9 Å². The van der Waals surface area contributed by atoms with Crippen molar-refractivity contribution in [1.82, 2.24) is 4.90 Å². The fourth-order valence-electron chi connectivity index (χ4n) is 1.61. The van der Waals surface area contributed by atoms with Gasteiger partial charge in [-0.1, -0.05) is 0 Å². The van der Waals surface area contributed by atoms with Gasteiger partial charge in [-0.2, -0.15) is 0 Å². The zero-order chi connectivity index (χ0) is 14.4. The topological polar surface area (TPSA) is 64.8 Å². The molecule has 1 amide bonds. The smallest absolute Gasteiger partial charge is 0.253 e. The number of rotatable bonds is 6. The molecule has 0 aliphatic carbocycles. The first kappa shape index (κ1) is 15.3. The van der Waals surface area contributed by atoms with Gasteiger partial charge in [0.25, 0.3) is 5.91 Å². The van der Waals surface area contributed by atoms with Crippen LogP contribution in [-0.2, 0) is 4.74 Å². The zero-order valence-electron chi connectivity index (χ0n) is 12.0. The van der Waals surface area contributed by atoms with Crippen molar-refractivity contribution in [3.63, 3.8) is 0 Å². The van der Waals surface area contributed by atoms with E-state index in [0.29, 0.717) is 30.2 Å². The third kappa shape index (κ3) is 4.79. The minimum atomic E-state index is -0.0991. The highest BCUT2D eigenvalue weighted by atomic mass is 16.5. The fraction of sp³-hybridized carbons (Fsp3) is 0.500. The van der Waals surface area contributed by atoms with Crippen molar-refractivity contribution in [2.24, 2.45) is 0 Å². The highest BCUT2D eigenvalue weighted by Crippen LogP contribution is 2.19. The maximum Gasteiger partial charge on any atom is 0.253 e. The van der Waals surface area contributed by atoms with Crippen molar-refractivity contribution in [2.45, 2.75) is 20.0 Å². The Kier molecular flexibility index (Phi) is 5.63. The summed E-state index contributed by atoms with van der Waals surface area (Å²) in [6.45, 7) is 4.97. The Hall–Kier alpha value is -1.75. The molecule has 0 saturated heterocycles. The van der Waals surface area contributed by atoms with E-state index >= 15 is 0 Å². The van der Waals surface area contributed by atoms with Crippen LogP contribution in [0.5, 0.6) is 5.75 Å². The molecule has 0 heterocycles. The summed E-state index contributed by atoms with van der Waals surface area (Å²) >= 11 is 0. The number of nitrogens with two attached hydrogens (primary N) is 1.